The minimum Gasteiger partial charge on any atom is -0.335 e. The van der Waals surface area contributed by atoms with Gasteiger partial charge >= 0.3 is 0 Å². The minimum atomic E-state index is 0.625. The summed E-state index contributed by atoms with van der Waals surface area (Å²) in [5.74, 6) is 1.04. The average Bonchev–Trinajstić information content (AvgIpc) is 2.59. The van der Waals surface area contributed by atoms with Gasteiger partial charge in [-0.1, -0.05) is 34.1 Å². The Morgan fingerprint density at radius 1 is 1.35 bits per heavy atom. The number of imidazole rings is 1. The first kappa shape index (κ1) is 12.3. The standard InChI is InChI=1S/C13H16BrN3/c1-9-13(10-5-3-4-6-11(10)14)16-12(7-8-15)17(9)2/h3-6H,7-8,15H2,1-2H3. The zero-order valence-corrected chi connectivity index (χ0v) is 11.7. The molecule has 0 saturated carbocycles. The third kappa shape index (κ3) is 2.28. The Kier molecular flexibility index (Phi) is 3.64. The molecule has 0 aliphatic rings. The van der Waals surface area contributed by atoms with Gasteiger partial charge in [0.25, 0.3) is 0 Å². The summed E-state index contributed by atoms with van der Waals surface area (Å²) >= 11 is 3.57. The van der Waals surface area contributed by atoms with Gasteiger partial charge in [-0.15, -0.1) is 0 Å². The van der Waals surface area contributed by atoms with Crippen LogP contribution in [0.2, 0.25) is 0 Å². The summed E-state index contributed by atoms with van der Waals surface area (Å²) in [6.07, 6.45) is 0.807. The molecular formula is C13H16BrN3. The quantitative estimate of drug-likeness (QED) is 0.945. The Balaban J connectivity index is 2.53. The Morgan fingerprint density at radius 2 is 2.06 bits per heavy atom. The van der Waals surface area contributed by atoms with Gasteiger partial charge < -0.3 is 10.3 Å². The second-order valence-electron chi connectivity index (χ2n) is 4.04. The van der Waals surface area contributed by atoms with Crippen LogP contribution >= 0.6 is 15.9 Å². The van der Waals surface area contributed by atoms with Crippen LogP contribution in [0, 0.1) is 6.92 Å². The van der Waals surface area contributed by atoms with Crippen LogP contribution in [0.4, 0.5) is 0 Å². The Bertz CT molecular complexity index is 531. The number of hydrogen-bond donors (Lipinski definition) is 1. The number of benzene rings is 1. The molecule has 17 heavy (non-hydrogen) atoms. The number of aromatic nitrogens is 2. The number of nitrogens with two attached hydrogens (primary N) is 1. The van der Waals surface area contributed by atoms with Crippen molar-refractivity contribution in [2.45, 2.75) is 13.3 Å². The lowest BCUT2D eigenvalue weighted by Gasteiger charge is -2.03. The van der Waals surface area contributed by atoms with E-state index in [1.807, 2.05) is 25.2 Å². The number of hydrogen-bond acceptors (Lipinski definition) is 2. The first-order valence-electron chi connectivity index (χ1n) is 5.62. The summed E-state index contributed by atoms with van der Waals surface area (Å²) in [6, 6.07) is 8.14. The zero-order valence-electron chi connectivity index (χ0n) is 10.1. The summed E-state index contributed by atoms with van der Waals surface area (Å²) in [5, 5.41) is 0. The van der Waals surface area contributed by atoms with E-state index >= 15 is 0 Å². The molecule has 0 unspecified atom stereocenters. The smallest absolute Gasteiger partial charge is 0.110 e. The van der Waals surface area contributed by atoms with Crippen LogP contribution in [-0.2, 0) is 13.5 Å². The molecule has 0 aliphatic heterocycles. The van der Waals surface area contributed by atoms with E-state index < -0.39 is 0 Å². The molecule has 2 rings (SSSR count). The minimum absolute atomic E-state index is 0.625. The van der Waals surface area contributed by atoms with Crippen LogP contribution in [0.15, 0.2) is 28.7 Å². The van der Waals surface area contributed by atoms with E-state index in [4.69, 9.17) is 5.73 Å². The van der Waals surface area contributed by atoms with Crippen molar-refractivity contribution >= 4 is 15.9 Å². The van der Waals surface area contributed by atoms with Crippen LogP contribution in [-0.4, -0.2) is 16.1 Å². The van der Waals surface area contributed by atoms with Crippen molar-refractivity contribution in [2.75, 3.05) is 6.54 Å². The van der Waals surface area contributed by atoms with Gasteiger partial charge in [-0.2, -0.15) is 0 Å². The fourth-order valence-electron chi connectivity index (χ4n) is 1.90. The summed E-state index contributed by atoms with van der Waals surface area (Å²) in [7, 11) is 2.04. The molecule has 0 amide bonds. The Labute approximate surface area is 110 Å². The van der Waals surface area contributed by atoms with Crippen molar-refractivity contribution in [3.8, 4) is 11.3 Å². The van der Waals surface area contributed by atoms with Crippen molar-refractivity contribution in [2.24, 2.45) is 12.8 Å². The largest absolute Gasteiger partial charge is 0.335 e. The molecule has 90 valence electrons. The molecule has 4 heteroatoms. The van der Waals surface area contributed by atoms with Gasteiger partial charge in [0.05, 0.1) is 5.69 Å². The van der Waals surface area contributed by atoms with Crippen molar-refractivity contribution in [3.63, 3.8) is 0 Å². The lowest BCUT2D eigenvalue weighted by molar-refractivity contribution is 0.761. The molecule has 0 bridgehead atoms. The van der Waals surface area contributed by atoms with Gasteiger partial charge in [-0.3, -0.25) is 0 Å². The van der Waals surface area contributed by atoms with Crippen LogP contribution < -0.4 is 5.73 Å². The Hall–Kier alpha value is -1.13. The predicted molar refractivity (Wildman–Crippen MR) is 73.8 cm³/mol. The van der Waals surface area contributed by atoms with Crippen LogP contribution in [0.3, 0.4) is 0 Å². The maximum Gasteiger partial charge on any atom is 0.110 e. The molecule has 0 spiro atoms. The second-order valence-corrected chi connectivity index (χ2v) is 4.89. The first-order chi connectivity index (χ1) is 8.15. The molecule has 0 radical (unpaired) electrons. The first-order valence-corrected chi connectivity index (χ1v) is 6.41. The normalized spacial score (nSPS) is 10.8. The molecule has 2 aromatic rings. The molecule has 0 aliphatic carbocycles. The monoisotopic (exact) mass is 293 g/mol. The highest BCUT2D eigenvalue weighted by atomic mass is 79.9. The van der Waals surface area contributed by atoms with E-state index in [2.05, 4.69) is 38.5 Å². The van der Waals surface area contributed by atoms with Gasteiger partial charge in [0.15, 0.2) is 0 Å². The third-order valence-corrected chi connectivity index (χ3v) is 3.66. The Morgan fingerprint density at radius 3 is 2.71 bits per heavy atom. The molecule has 0 fully saturated rings. The summed E-state index contributed by atoms with van der Waals surface area (Å²) < 4.78 is 3.18. The van der Waals surface area contributed by atoms with Gasteiger partial charge in [0.2, 0.25) is 0 Å². The van der Waals surface area contributed by atoms with Gasteiger partial charge in [-0.05, 0) is 19.5 Å². The molecule has 2 N–H and O–H groups in total. The van der Waals surface area contributed by atoms with Crippen molar-refractivity contribution in [1.82, 2.24) is 9.55 Å². The molecule has 1 aromatic carbocycles. The average molecular weight is 294 g/mol. The van der Waals surface area contributed by atoms with Crippen LogP contribution in [0.5, 0.6) is 0 Å². The summed E-state index contributed by atoms with van der Waals surface area (Å²) in [5.41, 5.74) is 8.92. The highest BCUT2D eigenvalue weighted by Gasteiger charge is 2.13. The molecular weight excluding hydrogens is 278 g/mol. The van der Waals surface area contributed by atoms with E-state index in [-0.39, 0.29) is 0 Å². The van der Waals surface area contributed by atoms with Crippen molar-refractivity contribution in [1.29, 1.82) is 0 Å². The van der Waals surface area contributed by atoms with Crippen molar-refractivity contribution < 1.29 is 0 Å². The van der Waals surface area contributed by atoms with Crippen LogP contribution in [0.1, 0.15) is 11.5 Å². The molecule has 3 nitrogen and oxygen atoms in total. The van der Waals surface area contributed by atoms with Gasteiger partial charge in [0.1, 0.15) is 5.82 Å². The SMILES string of the molecule is Cc1c(-c2ccccc2Br)nc(CCN)n1C. The predicted octanol–water partition coefficient (Wildman–Crippen LogP) is 2.66. The number of nitrogens with zero attached hydrogens (tertiary/aromatic N) is 2. The van der Waals surface area contributed by atoms with E-state index in [9.17, 15) is 0 Å². The van der Waals surface area contributed by atoms with E-state index in [1.54, 1.807) is 0 Å². The maximum absolute atomic E-state index is 5.59. The fraction of sp³-hybridized carbons (Fsp3) is 0.308. The third-order valence-electron chi connectivity index (χ3n) is 2.97. The maximum atomic E-state index is 5.59. The number of rotatable bonds is 3. The highest BCUT2D eigenvalue weighted by Crippen LogP contribution is 2.29. The van der Waals surface area contributed by atoms with Crippen molar-refractivity contribution in [3.05, 3.63) is 40.3 Å². The molecule has 0 atom stereocenters. The van der Waals surface area contributed by atoms with Gasteiger partial charge in [-0.25, -0.2) is 4.98 Å². The van der Waals surface area contributed by atoms with E-state index in [0.29, 0.717) is 6.54 Å². The molecule has 1 aromatic heterocycles. The second kappa shape index (κ2) is 5.02. The lowest BCUT2D eigenvalue weighted by atomic mass is 10.1. The number of halogens is 1. The zero-order chi connectivity index (χ0) is 12.4. The lowest BCUT2D eigenvalue weighted by Crippen LogP contribution is -2.08. The molecule has 1 heterocycles. The summed E-state index contributed by atoms with van der Waals surface area (Å²) in [4.78, 5) is 4.68. The van der Waals surface area contributed by atoms with Crippen LogP contribution in [0.25, 0.3) is 11.3 Å². The molecule has 0 saturated heterocycles. The fourth-order valence-corrected chi connectivity index (χ4v) is 2.37. The highest BCUT2D eigenvalue weighted by molar-refractivity contribution is 9.10. The van der Waals surface area contributed by atoms with E-state index in [0.717, 1.165) is 28.0 Å². The van der Waals surface area contributed by atoms with Gasteiger partial charge in [0, 0.05) is 29.2 Å². The summed E-state index contributed by atoms with van der Waals surface area (Å²) in [6.45, 7) is 2.71. The van der Waals surface area contributed by atoms with E-state index in [1.165, 1.54) is 5.69 Å². The topological polar surface area (TPSA) is 43.8 Å².